The number of hydrogen-bond donors (Lipinski definition) is 1. The molecule has 2 aliphatic heterocycles. The quantitative estimate of drug-likeness (QED) is 0.584. The number of aromatic nitrogens is 1. The molecule has 2 bridgehead atoms. The van der Waals surface area contributed by atoms with Crippen LogP contribution in [0, 0.1) is 0 Å². The first-order valence-electron chi connectivity index (χ1n) is 11.1. The number of nitrogens with zero attached hydrogens (tertiary/aromatic N) is 3. The van der Waals surface area contributed by atoms with Crippen LogP contribution in [0.4, 0.5) is 0 Å². The number of benzene rings is 2. The van der Waals surface area contributed by atoms with Gasteiger partial charge in [0.25, 0.3) is 5.91 Å². The van der Waals surface area contributed by atoms with Crippen LogP contribution in [-0.2, 0) is 0 Å². The molecule has 0 spiro atoms. The summed E-state index contributed by atoms with van der Waals surface area (Å²) in [5, 5.41) is 12.6. The zero-order valence-electron chi connectivity index (χ0n) is 18.1. The van der Waals surface area contributed by atoms with E-state index >= 15 is 0 Å². The van der Waals surface area contributed by atoms with Crippen molar-refractivity contribution in [3.05, 3.63) is 106 Å². The Labute approximate surface area is 191 Å². The zero-order chi connectivity index (χ0) is 22.8. The molecular weight excluding hydrogens is 418 g/mol. The molecule has 0 aliphatic carbocycles. The lowest BCUT2D eigenvalue weighted by molar-refractivity contribution is 0.0678. The number of ether oxygens (including phenoxy) is 1. The van der Waals surface area contributed by atoms with Crippen molar-refractivity contribution in [2.45, 2.75) is 18.9 Å². The fraction of sp³-hybridized carbons (Fsp3) is 0.231. The predicted molar refractivity (Wildman–Crippen MR) is 125 cm³/mol. The number of pyridine rings is 1. The van der Waals surface area contributed by atoms with Crippen molar-refractivity contribution in [3.63, 3.8) is 0 Å². The molecule has 5 rings (SSSR count). The van der Waals surface area contributed by atoms with E-state index in [-0.39, 0.29) is 17.6 Å². The number of allylic oxidation sites excluding steroid dienone is 1. The number of carbonyl (C=O) groups is 1. The van der Waals surface area contributed by atoms with Gasteiger partial charge in [-0.2, -0.15) is 0 Å². The van der Waals surface area contributed by atoms with Crippen molar-refractivity contribution in [1.82, 2.24) is 9.58 Å². The van der Waals surface area contributed by atoms with Gasteiger partial charge in [0.15, 0.2) is 11.4 Å². The first-order valence-corrected chi connectivity index (χ1v) is 11.1. The molecule has 0 unspecified atom stereocenters. The molecule has 0 saturated carbocycles. The van der Waals surface area contributed by atoms with Crippen LogP contribution < -0.4 is 15.2 Å². The van der Waals surface area contributed by atoms with Gasteiger partial charge in [-0.15, -0.1) is 0 Å². The summed E-state index contributed by atoms with van der Waals surface area (Å²) in [6.07, 6.45) is 7.17. The van der Waals surface area contributed by atoms with Crippen LogP contribution in [-0.4, -0.2) is 40.4 Å². The van der Waals surface area contributed by atoms with E-state index in [2.05, 4.69) is 6.08 Å². The van der Waals surface area contributed by atoms with Crippen LogP contribution in [0.5, 0.6) is 11.5 Å². The highest BCUT2D eigenvalue weighted by molar-refractivity contribution is 5.96. The summed E-state index contributed by atoms with van der Waals surface area (Å²) < 4.78 is 7.75. The van der Waals surface area contributed by atoms with Crippen LogP contribution in [0.15, 0.2) is 83.8 Å². The number of amides is 1. The summed E-state index contributed by atoms with van der Waals surface area (Å²) in [7, 11) is 0. The number of rotatable bonds is 1. The highest BCUT2D eigenvalue weighted by atomic mass is 16.5. The topological polar surface area (TPSA) is 75.0 Å². The molecule has 1 amide bonds. The van der Waals surface area contributed by atoms with Crippen molar-refractivity contribution < 1.29 is 14.6 Å². The van der Waals surface area contributed by atoms with Gasteiger partial charge < -0.3 is 14.7 Å². The summed E-state index contributed by atoms with van der Waals surface area (Å²) in [6, 6.07) is 18.8. The first-order chi connectivity index (χ1) is 16.1. The molecule has 33 heavy (non-hydrogen) atoms. The molecule has 3 heterocycles. The normalized spacial score (nSPS) is 19.3. The van der Waals surface area contributed by atoms with Crippen LogP contribution >= 0.6 is 0 Å². The Kier molecular flexibility index (Phi) is 5.60. The smallest absolute Gasteiger partial charge is 0.277 e. The van der Waals surface area contributed by atoms with E-state index in [0.29, 0.717) is 19.8 Å². The minimum atomic E-state index is -0.572. The molecule has 0 saturated heterocycles. The van der Waals surface area contributed by atoms with E-state index in [9.17, 15) is 14.7 Å². The Balaban J connectivity index is 1.76. The van der Waals surface area contributed by atoms with Gasteiger partial charge in [0, 0.05) is 24.4 Å². The third kappa shape index (κ3) is 3.86. The van der Waals surface area contributed by atoms with Gasteiger partial charge in [-0.3, -0.25) is 19.3 Å². The molecule has 168 valence electrons. The monoisotopic (exact) mass is 443 g/mol. The molecule has 2 aromatic carbocycles. The number of hydrogen-bond acceptors (Lipinski definition) is 5. The largest absolute Gasteiger partial charge is 0.502 e. The molecule has 7 nitrogen and oxygen atoms in total. The third-order valence-electron chi connectivity index (χ3n) is 6.06. The van der Waals surface area contributed by atoms with E-state index in [4.69, 9.17) is 4.74 Å². The Bertz CT molecular complexity index is 1250. The molecule has 1 aromatic heterocycles. The molecule has 7 heteroatoms. The molecule has 1 atom stereocenters. The summed E-state index contributed by atoms with van der Waals surface area (Å²) in [5.41, 5.74) is 1.34. The van der Waals surface area contributed by atoms with Crippen molar-refractivity contribution in [1.29, 1.82) is 0 Å². The van der Waals surface area contributed by atoms with E-state index in [1.165, 1.54) is 6.07 Å². The van der Waals surface area contributed by atoms with Crippen LogP contribution in [0.2, 0.25) is 0 Å². The second-order valence-electron chi connectivity index (χ2n) is 8.15. The average molecular weight is 444 g/mol. The Morgan fingerprint density at radius 1 is 0.939 bits per heavy atom. The Morgan fingerprint density at radius 3 is 2.58 bits per heavy atom. The first kappa shape index (κ1) is 20.9. The Morgan fingerprint density at radius 2 is 1.73 bits per heavy atom. The average Bonchev–Trinajstić information content (AvgIpc) is 2.85. The number of fused-ring (bicyclic) bond motifs is 5. The van der Waals surface area contributed by atoms with Crippen LogP contribution in [0.25, 0.3) is 0 Å². The highest BCUT2D eigenvalue weighted by Gasteiger charge is 2.37. The fourth-order valence-electron chi connectivity index (χ4n) is 4.47. The van der Waals surface area contributed by atoms with E-state index in [1.807, 2.05) is 65.7 Å². The number of para-hydroxylation sites is 1. The second kappa shape index (κ2) is 8.86. The molecule has 1 N–H and O–H groups in total. The summed E-state index contributed by atoms with van der Waals surface area (Å²) >= 11 is 0. The van der Waals surface area contributed by atoms with Crippen molar-refractivity contribution in [2.24, 2.45) is 0 Å². The number of carbonyl (C=O) groups excluding carboxylic acids is 1. The lowest BCUT2D eigenvalue weighted by Crippen LogP contribution is -2.55. The zero-order valence-corrected chi connectivity index (χ0v) is 18.1. The lowest BCUT2D eigenvalue weighted by Gasteiger charge is -2.44. The Hall–Kier alpha value is -4.00. The van der Waals surface area contributed by atoms with Gasteiger partial charge in [0.05, 0.1) is 0 Å². The van der Waals surface area contributed by atoms with Gasteiger partial charge in [0.1, 0.15) is 25.1 Å². The minimum absolute atomic E-state index is 0.0153. The van der Waals surface area contributed by atoms with Crippen molar-refractivity contribution >= 4 is 5.91 Å². The van der Waals surface area contributed by atoms with E-state index in [0.717, 1.165) is 29.7 Å². The summed E-state index contributed by atoms with van der Waals surface area (Å²) in [5.74, 6) is -0.139. The minimum Gasteiger partial charge on any atom is -0.502 e. The molecule has 0 fully saturated rings. The standard InChI is InChI=1S/C26H25N3O4/c30-21-14-16-28-24(25(21)31)26(32)27-15-8-1-2-9-17-33-22-13-7-6-12-20(22)23(29(28)18-27)19-10-4-3-5-11-19/h2-7,9-14,16,23,31H,1,8,15,17-18H2/b9-2-/t23-/m1/s1. The van der Waals surface area contributed by atoms with Crippen molar-refractivity contribution in [3.8, 4) is 11.5 Å². The molecule has 2 aliphatic rings. The second-order valence-corrected chi connectivity index (χ2v) is 8.15. The van der Waals surface area contributed by atoms with Crippen LogP contribution in [0.1, 0.15) is 40.5 Å². The van der Waals surface area contributed by atoms with Gasteiger partial charge in [0.2, 0.25) is 5.43 Å². The summed E-state index contributed by atoms with van der Waals surface area (Å²) in [6.45, 7) is 1.25. The van der Waals surface area contributed by atoms with Gasteiger partial charge in [-0.25, -0.2) is 0 Å². The maximum absolute atomic E-state index is 13.3. The predicted octanol–water partition coefficient (Wildman–Crippen LogP) is 3.42. The van der Waals surface area contributed by atoms with Gasteiger partial charge in [-0.05, 0) is 24.5 Å². The highest BCUT2D eigenvalue weighted by Crippen LogP contribution is 2.36. The fourth-order valence-corrected chi connectivity index (χ4v) is 4.47. The molecular formula is C26H25N3O4. The SMILES string of the molecule is O=C1c2c(O)c(=O)ccn2N2CN1CCC/C=C\COc1ccccc1[C@H]2c1ccccc1. The maximum Gasteiger partial charge on any atom is 0.277 e. The molecule has 3 aromatic rings. The molecule has 0 radical (unpaired) electrons. The van der Waals surface area contributed by atoms with Crippen molar-refractivity contribution in [2.75, 3.05) is 24.8 Å². The van der Waals surface area contributed by atoms with E-state index in [1.54, 1.807) is 15.8 Å². The maximum atomic E-state index is 13.3. The van der Waals surface area contributed by atoms with E-state index < -0.39 is 11.2 Å². The van der Waals surface area contributed by atoms with Gasteiger partial charge in [-0.1, -0.05) is 60.7 Å². The lowest BCUT2D eigenvalue weighted by atomic mass is 9.97. The van der Waals surface area contributed by atoms with Crippen LogP contribution in [0.3, 0.4) is 0 Å². The van der Waals surface area contributed by atoms with Gasteiger partial charge >= 0.3 is 0 Å². The third-order valence-corrected chi connectivity index (χ3v) is 6.06. The number of aromatic hydroxyl groups is 1. The summed E-state index contributed by atoms with van der Waals surface area (Å²) in [4.78, 5) is 27.3.